The van der Waals surface area contributed by atoms with Crippen molar-refractivity contribution in [3.63, 3.8) is 0 Å². The van der Waals surface area contributed by atoms with Crippen molar-refractivity contribution in [2.75, 3.05) is 6.61 Å². The Labute approximate surface area is 196 Å². The zero-order chi connectivity index (χ0) is 25.4. The van der Waals surface area contributed by atoms with Gasteiger partial charge in [0.2, 0.25) is 12.0 Å². The zero-order valence-corrected chi connectivity index (χ0v) is 18.2. The van der Waals surface area contributed by atoms with Gasteiger partial charge in [-0.3, -0.25) is 9.59 Å². The Bertz CT molecular complexity index is 1300. The van der Waals surface area contributed by atoms with E-state index in [2.05, 4.69) is 0 Å². The van der Waals surface area contributed by atoms with Crippen LogP contribution in [0.1, 0.15) is 6.92 Å². The molecule has 1 aliphatic heterocycles. The molecule has 2 aromatic carbocycles. The maximum atomic E-state index is 12.6. The highest BCUT2D eigenvalue weighted by atomic mass is 16.7. The Hall–Kier alpha value is -3.84. The normalized spacial score (nSPS) is 24.3. The van der Waals surface area contributed by atoms with Gasteiger partial charge in [-0.2, -0.15) is 0 Å². The van der Waals surface area contributed by atoms with Crippen LogP contribution < -0.4 is 10.2 Å². The van der Waals surface area contributed by atoms with Crippen LogP contribution >= 0.6 is 0 Å². The van der Waals surface area contributed by atoms with E-state index in [1.54, 1.807) is 0 Å². The summed E-state index contributed by atoms with van der Waals surface area (Å²) in [5, 5.41) is 60.5. The molecular formula is C23H22O12. The number of fused-ring (bicyclic) bond motifs is 1. The summed E-state index contributed by atoms with van der Waals surface area (Å²) >= 11 is 0. The van der Waals surface area contributed by atoms with Gasteiger partial charge in [-0.1, -0.05) is 0 Å². The van der Waals surface area contributed by atoms with Crippen molar-refractivity contribution in [3.05, 3.63) is 46.6 Å². The number of hydrogen-bond acceptors (Lipinski definition) is 12. The molecule has 0 spiro atoms. The number of phenolic OH excluding ortho intramolecular Hbond substituents is 3. The molecule has 0 aliphatic carbocycles. The third-order valence-electron chi connectivity index (χ3n) is 5.45. The monoisotopic (exact) mass is 490 g/mol. The van der Waals surface area contributed by atoms with E-state index in [-0.39, 0.29) is 22.5 Å². The number of carbonyl (C=O) groups excluding carboxylic acids is 1. The topological polar surface area (TPSA) is 196 Å². The van der Waals surface area contributed by atoms with Gasteiger partial charge in [0.15, 0.2) is 16.9 Å². The van der Waals surface area contributed by atoms with Crippen LogP contribution in [0.15, 0.2) is 45.6 Å². The summed E-state index contributed by atoms with van der Waals surface area (Å²) in [6.45, 7) is 0.671. The summed E-state index contributed by atoms with van der Waals surface area (Å²) in [4.78, 5) is 23.7. The lowest BCUT2D eigenvalue weighted by atomic mass is 9.99. The molecule has 0 radical (unpaired) electrons. The number of carbonyl (C=O) groups is 1. The van der Waals surface area contributed by atoms with Crippen LogP contribution in [-0.4, -0.2) is 73.9 Å². The van der Waals surface area contributed by atoms with E-state index in [0.717, 1.165) is 19.1 Å². The average molecular weight is 490 g/mol. The number of aromatic hydroxyl groups is 3. The molecule has 35 heavy (non-hydrogen) atoms. The number of aliphatic hydroxyl groups is 3. The molecule has 4 rings (SSSR count). The van der Waals surface area contributed by atoms with Crippen molar-refractivity contribution in [3.8, 4) is 34.3 Å². The van der Waals surface area contributed by atoms with Crippen molar-refractivity contribution >= 4 is 16.9 Å². The zero-order valence-electron chi connectivity index (χ0n) is 18.2. The third kappa shape index (κ3) is 4.72. The second-order valence-electron chi connectivity index (χ2n) is 7.90. The van der Waals surface area contributed by atoms with Gasteiger partial charge in [0, 0.05) is 24.6 Å². The lowest BCUT2D eigenvalue weighted by Crippen LogP contribution is -2.60. The molecule has 0 unspecified atom stereocenters. The molecule has 12 heteroatoms. The van der Waals surface area contributed by atoms with Gasteiger partial charge in [-0.25, -0.2) is 0 Å². The molecule has 1 aliphatic rings. The minimum Gasteiger partial charge on any atom is -0.508 e. The van der Waals surface area contributed by atoms with Crippen LogP contribution in [0.3, 0.4) is 0 Å². The maximum absolute atomic E-state index is 12.6. The first-order chi connectivity index (χ1) is 16.6. The van der Waals surface area contributed by atoms with Gasteiger partial charge >= 0.3 is 5.97 Å². The van der Waals surface area contributed by atoms with Gasteiger partial charge in [0.1, 0.15) is 53.5 Å². The van der Waals surface area contributed by atoms with Crippen molar-refractivity contribution in [2.45, 2.75) is 37.6 Å². The summed E-state index contributed by atoms with van der Waals surface area (Å²) in [6, 6.07) is 7.94. The van der Waals surface area contributed by atoms with E-state index in [4.69, 9.17) is 18.6 Å². The van der Waals surface area contributed by atoms with Crippen LogP contribution in [0.2, 0.25) is 0 Å². The Morgan fingerprint density at radius 1 is 0.971 bits per heavy atom. The number of rotatable bonds is 5. The summed E-state index contributed by atoms with van der Waals surface area (Å²) in [6.07, 6.45) is -8.13. The summed E-state index contributed by atoms with van der Waals surface area (Å²) in [5.74, 6) is -2.77. The SMILES string of the molecule is CC(=O)OC[C@H]1O[C@@H](Oc2cc3oc(-c4ccc(O)cc4)cc(=O)c3c(O)c2O)[C@H](O)[C@@H](O)[C@@H]1O. The van der Waals surface area contributed by atoms with Crippen LogP contribution in [0.5, 0.6) is 23.0 Å². The number of aliphatic hydroxyl groups excluding tert-OH is 3. The van der Waals surface area contributed by atoms with E-state index in [1.165, 1.54) is 24.3 Å². The van der Waals surface area contributed by atoms with Gasteiger partial charge < -0.3 is 49.3 Å². The second-order valence-corrected chi connectivity index (χ2v) is 7.90. The van der Waals surface area contributed by atoms with Crippen LogP contribution in [0.4, 0.5) is 0 Å². The lowest BCUT2D eigenvalue weighted by Gasteiger charge is -2.39. The largest absolute Gasteiger partial charge is 0.508 e. The molecule has 6 N–H and O–H groups in total. The molecule has 1 fully saturated rings. The first-order valence-electron chi connectivity index (χ1n) is 10.4. The van der Waals surface area contributed by atoms with Gasteiger partial charge in [-0.05, 0) is 24.3 Å². The van der Waals surface area contributed by atoms with Crippen molar-refractivity contribution < 1.29 is 54.1 Å². The molecule has 2 heterocycles. The highest BCUT2D eigenvalue weighted by Crippen LogP contribution is 2.42. The molecular weight excluding hydrogens is 468 g/mol. The van der Waals surface area contributed by atoms with E-state index >= 15 is 0 Å². The number of ether oxygens (including phenoxy) is 3. The molecule has 5 atom stereocenters. The number of benzene rings is 2. The Morgan fingerprint density at radius 2 is 1.66 bits per heavy atom. The quantitative estimate of drug-likeness (QED) is 0.212. The Morgan fingerprint density at radius 3 is 2.31 bits per heavy atom. The van der Waals surface area contributed by atoms with Crippen molar-refractivity contribution in [2.24, 2.45) is 0 Å². The van der Waals surface area contributed by atoms with Gasteiger partial charge in [-0.15, -0.1) is 0 Å². The minimum atomic E-state index is -1.80. The standard InChI is InChI=1S/C23H22O12/c1-9(24)32-8-16-19(28)21(30)22(31)23(35-16)34-15-7-14-17(20(29)18(15)27)12(26)6-13(33-14)10-2-4-11(25)5-3-10/h2-7,16,19,21-23,25,27-31H,8H2,1H3/t16-,19-,21+,22-,23-/m1/s1. The lowest BCUT2D eigenvalue weighted by molar-refractivity contribution is -0.278. The Balaban J connectivity index is 1.70. The molecule has 186 valence electrons. The van der Waals surface area contributed by atoms with Crippen molar-refractivity contribution in [1.82, 2.24) is 0 Å². The minimum absolute atomic E-state index is 0.000455. The molecule has 0 saturated carbocycles. The predicted octanol–water partition coefficient (Wildman–Crippen LogP) is 0.326. The van der Waals surface area contributed by atoms with E-state index in [0.29, 0.717) is 5.56 Å². The first kappa shape index (κ1) is 24.3. The number of hydrogen-bond donors (Lipinski definition) is 6. The van der Waals surface area contributed by atoms with E-state index < -0.39 is 66.0 Å². The average Bonchev–Trinajstić information content (AvgIpc) is 2.81. The fourth-order valence-corrected chi connectivity index (χ4v) is 3.60. The number of esters is 1. The molecule has 3 aromatic rings. The molecule has 1 saturated heterocycles. The Kier molecular flexibility index (Phi) is 6.54. The maximum Gasteiger partial charge on any atom is 0.302 e. The molecule has 0 amide bonds. The molecule has 1 aromatic heterocycles. The fourth-order valence-electron chi connectivity index (χ4n) is 3.60. The third-order valence-corrected chi connectivity index (χ3v) is 5.45. The molecule has 12 nitrogen and oxygen atoms in total. The predicted molar refractivity (Wildman–Crippen MR) is 117 cm³/mol. The van der Waals surface area contributed by atoms with E-state index in [9.17, 15) is 40.2 Å². The first-order valence-corrected chi connectivity index (χ1v) is 10.4. The van der Waals surface area contributed by atoms with Crippen molar-refractivity contribution in [1.29, 1.82) is 0 Å². The summed E-state index contributed by atoms with van der Waals surface area (Å²) < 4.78 is 21.3. The van der Waals surface area contributed by atoms with Crippen LogP contribution in [0, 0.1) is 0 Å². The summed E-state index contributed by atoms with van der Waals surface area (Å²) in [7, 11) is 0. The van der Waals surface area contributed by atoms with Gasteiger partial charge in [0.05, 0.1) is 0 Å². The highest BCUT2D eigenvalue weighted by molar-refractivity contribution is 5.89. The van der Waals surface area contributed by atoms with Crippen LogP contribution in [0.25, 0.3) is 22.3 Å². The second kappa shape index (κ2) is 9.43. The summed E-state index contributed by atoms with van der Waals surface area (Å²) in [5.41, 5.74) is -0.427. The van der Waals surface area contributed by atoms with E-state index in [1.807, 2.05) is 0 Å². The molecule has 0 bridgehead atoms. The van der Waals surface area contributed by atoms with Crippen LogP contribution in [-0.2, 0) is 14.3 Å². The van der Waals surface area contributed by atoms with Gasteiger partial charge in [0.25, 0.3) is 0 Å². The highest BCUT2D eigenvalue weighted by Gasteiger charge is 2.45. The smallest absolute Gasteiger partial charge is 0.302 e. The number of phenols is 3. The fraction of sp³-hybridized carbons (Fsp3) is 0.304.